The van der Waals surface area contributed by atoms with Gasteiger partial charge in [0.25, 0.3) is 0 Å². The van der Waals surface area contributed by atoms with E-state index in [1.54, 1.807) is 4.68 Å². The average Bonchev–Trinajstić information content (AvgIpc) is 3.29. The van der Waals surface area contributed by atoms with Gasteiger partial charge in [0, 0.05) is 5.02 Å². The number of carbonyl (C=O) groups is 1. The number of nitrogens with one attached hydrogen (secondary N) is 2. The predicted molar refractivity (Wildman–Crippen MR) is 90.5 cm³/mol. The van der Waals surface area contributed by atoms with E-state index >= 15 is 0 Å². The van der Waals surface area contributed by atoms with Gasteiger partial charge in [-0.15, -0.1) is 5.10 Å². The van der Waals surface area contributed by atoms with Gasteiger partial charge < -0.3 is 10.6 Å². The Bertz CT molecular complexity index is 712. The van der Waals surface area contributed by atoms with Crippen molar-refractivity contribution < 1.29 is 4.79 Å². The Labute approximate surface area is 145 Å². The molecule has 2 aromatic rings. The van der Waals surface area contributed by atoms with Gasteiger partial charge in [-0.25, -0.2) is 9.48 Å². The SMILES string of the molecule is CC(C)[C@@H](NC(=O)NCc1nnnn1C1CC1)c1ccccc1Cl. The maximum atomic E-state index is 12.3. The number of nitrogens with zero attached hydrogens (tertiary/aromatic N) is 4. The van der Waals surface area contributed by atoms with Crippen LogP contribution in [-0.2, 0) is 6.54 Å². The molecule has 128 valence electrons. The number of rotatable bonds is 6. The Morgan fingerprint density at radius 1 is 1.38 bits per heavy atom. The zero-order chi connectivity index (χ0) is 17.1. The summed E-state index contributed by atoms with van der Waals surface area (Å²) in [6.07, 6.45) is 2.18. The van der Waals surface area contributed by atoms with Crippen molar-refractivity contribution in [1.29, 1.82) is 0 Å². The molecule has 0 bridgehead atoms. The lowest BCUT2D eigenvalue weighted by Crippen LogP contribution is -2.40. The summed E-state index contributed by atoms with van der Waals surface area (Å²) in [5.74, 6) is 0.874. The van der Waals surface area contributed by atoms with E-state index in [1.807, 2.05) is 38.1 Å². The highest BCUT2D eigenvalue weighted by Gasteiger charge is 2.28. The van der Waals surface area contributed by atoms with E-state index in [9.17, 15) is 4.79 Å². The Kier molecular flexibility index (Phi) is 4.99. The number of hydrogen-bond acceptors (Lipinski definition) is 4. The number of amides is 2. The van der Waals surface area contributed by atoms with Crippen molar-refractivity contribution in [3.63, 3.8) is 0 Å². The largest absolute Gasteiger partial charge is 0.331 e. The molecule has 1 aromatic heterocycles. The van der Waals surface area contributed by atoms with Gasteiger partial charge >= 0.3 is 6.03 Å². The van der Waals surface area contributed by atoms with Crippen LogP contribution in [0.2, 0.25) is 5.02 Å². The predicted octanol–water partition coefficient (Wildman–Crippen LogP) is 2.86. The van der Waals surface area contributed by atoms with Crippen LogP contribution in [0.3, 0.4) is 0 Å². The molecule has 0 aliphatic heterocycles. The molecule has 1 aliphatic carbocycles. The number of hydrogen-bond donors (Lipinski definition) is 2. The van der Waals surface area contributed by atoms with E-state index < -0.39 is 0 Å². The zero-order valence-corrected chi connectivity index (χ0v) is 14.5. The number of tetrazole rings is 1. The third-order valence-corrected chi connectivity index (χ3v) is 4.40. The van der Waals surface area contributed by atoms with E-state index in [-0.39, 0.29) is 18.0 Å². The highest BCUT2D eigenvalue weighted by Crippen LogP contribution is 2.34. The molecule has 24 heavy (non-hydrogen) atoms. The molecule has 1 aromatic carbocycles. The second kappa shape index (κ2) is 7.17. The average molecular weight is 349 g/mol. The van der Waals surface area contributed by atoms with Crippen LogP contribution in [0.1, 0.15) is 50.2 Å². The van der Waals surface area contributed by atoms with Gasteiger partial charge in [0.05, 0.1) is 18.6 Å². The fraction of sp³-hybridized carbons (Fsp3) is 0.500. The number of urea groups is 1. The van der Waals surface area contributed by atoms with Gasteiger partial charge in [0.2, 0.25) is 0 Å². The summed E-state index contributed by atoms with van der Waals surface area (Å²) in [6.45, 7) is 4.38. The number of benzene rings is 1. The molecule has 1 atom stereocenters. The molecular formula is C16H21ClN6O. The van der Waals surface area contributed by atoms with Crippen LogP contribution in [0.15, 0.2) is 24.3 Å². The second-order valence-corrected chi connectivity index (χ2v) is 6.75. The summed E-state index contributed by atoms with van der Waals surface area (Å²) in [4.78, 5) is 12.3. The molecule has 2 N–H and O–H groups in total. The van der Waals surface area contributed by atoms with Crippen molar-refractivity contribution >= 4 is 17.6 Å². The third-order valence-electron chi connectivity index (χ3n) is 4.05. The van der Waals surface area contributed by atoms with Crippen molar-refractivity contribution in [3.05, 3.63) is 40.7 Å². The number of halogens is 1. The monoisotopic (exact) mass is 348 g/mol. The topological polar surface area (TPSA) is 84.7 Å². The zero-order valence-electron chi connectivity index (χ0n) is 13.7. The molecule has 0 radical (unpaired) electrons. The number of carbonyl (C=O) groups excluding carboxylic acids is 1. The Balaban J connectivity index is 1.62. The van der Waals surface area contributed by atoms with Gasteiger partial charge in [-0.05, 0) is 40.8 Å². The third kappa shape index (κ3) is 3.84. The van der Waals surface area contributed by atoms with Crippen molar-refractivity contribution in [2.75, 3.05) is 0 Å². The summed E-state index contributed by atoms with van der Waals surface area (Å²) in [7, 11) is 0. The normalized spacial score (nSPS) is 15.3. The van der Waals surface area contributed by atoms with Gasteiger partial charge in [0.15, 0.2) is 5.82 Å². The lowest BCUT2D eigenvalue weighted by Gasteiger charge is -2.24. The van der Waals surface area contributed by atoms with E-state index in [4.69, 9.17) is 11.6 Å². The lowest BCUT2D eigenvalue weighted by atomic mass is 9.96. The van der Waals surface area contributed by atoms with Crippen molar-refractivity contribution in [2.45, 2.75) is 45.3 Å². The smallest absolute Gasteiger partial charge is 0.315 e. The van der Waals surface area contributed by atoms with Crippen LogP contribution in [0.5, 0.6) is 0 Å². The molecule has 0 saturated heterocycles. The highest BCUT2D eigenvalue weighted by atomic mass is 35.5. The first-order chi connectivity index (χ1) is 11.6. The number of aromatic nitrogens is 4. The standard InChI is InChI=1S/C16H21ClN6O/c1-10(2)15(12-5-3-4-6-13(12)17)19-16(24)18-9-14-20-21-22-23(14)11-7-8-11/h3-6,10-11,15H,7-9H2,1-2H3,(H2,18,19,24)/t15-/m1/s1. The molecule has 2 amide bonds. The Morgan fingerprint density at radius 3 is 2.79 bits per heavy atom. The van der Waals surface area contributed by atoms with Crippen molar-refractivity contribution in [2.24, 2.45) is 5.92 Å². The fourth-order valence-corrected chi connectivity index (χ4v) is 2.87. The minimum atomic E-state index is -0.265. The molecule has 0 unspecified atom stereocenters. The van der Waals surface area contributed by atoms with E-state index in [0.717, 1.165) is 18.4 Å². The first-order valence-electron chi connectivity index (χ1n) is 8.11. The first kappa shape index (κ1) is 16.7. The van der Waals surface area contributed by atoms with Crippen LogP contribution in [0.4, 0.5) is 4.79 Å². The maximum Gasteiger partial charge on any atom is 0.315 e. The van der Waals surface area contributed by atoms with E-state index in [2.05, 4.69) is 26.2 Å². The van der Waals surface area contributed by atoms with Crippen molar-refractivity contribution in [1.82, 2.24) is 30.8 Å². The summed E-state index contributed by atoms with van der Waals surface area (Å²) in [6, 6.07) is 7.50. The molecule has 1 heterocycles. The minimum absolute atomic E-state index is 0.168. The maximum absolute atomic E-state index is 12.3. The van der Waals surface area contributed by atoms with Gasteiger partial charge in [0.1, 0.15) is 0 Å². The van der Waals surface area contributed by atoms with Crippen LogP contribution in [0, 0.1) is 5.92 Å². The van der Waals surface area contributed by atoms with Crippen LogP contribution >= 0.6 is 11.6 Å². The molecule has 1 aliphatic rings. The van der Waals surface area contributed by atoms with Crippen LogP contribution in [0.25, 0.3) is 0 Å². The fourth-order valence-electron chi connectivity index (χ4n) is 2.61. The molecule has 1 fully saturated rings. The van der Waals surface area contributed by atoms with E-state index in [1.165, 1.54) is 0 Å². The van der Waals surface area contributed by atoms with Gasteiger partial charge in [-0.2, -0.15) is 0 Å². The minimum Gasteiger partial charge on any atom is -0.331 e. The summed E-state index contributed by atoms with van der Waals surface area (Å²) < 4.78 is 1.79. The molecule has 0 spiro atoms. The van der Waals surface area contributed by atoms with Crippen LogP contribution < -0.4 is 10.6 Å². The van der Waals surface area contributed by atoms with Crippen LogP contribution in [-0.4, -0.2) is 26.2 Å². The van der Waals surface area contributed by atoms with Gasteiger partial charge in [-0.1, -0.05) is 43.6 Å². The molecule has 8 heteroatoms. The van der Waals surface area contributed by atoms with Crippen molar-refractivity contribution in [3.8, 4) is 0 Å². The second-order valence-electron chi connectivity index (χ2n) is 6.34. The molecule has 1 saturated carbocycles. The summed E-state index contributed by atoms with van der Waals surface area (Å²) in [5.41, 5.74) is 0.909. The Morgan fingerprint density at radius 2 is 2.12 bits per heavy atom. The quantitative estimate of drug-likeness (QED) is 0.840. The Hall–Kier alpha value is -2.15. The molecular weight excluding hydrogens is 328 g/mol. The lowest BCUT2D eigenvalue weighted by molar-refractivity contribution is 0.232. The highest BCUT2D eigenvalue weighted by molar-refractivity contribution is 6.31. The summed E-state index contributed by atoms with van der Waals surface area (Å²) >= 11 is 6.27. The summed E-state index contributed by atoms with van der Waals surface area (Å²) in [5, 5.41) is 18.1. The molecule has 3 rings (SSSR count). The van der Waals surface area contributed by atoms with Gasteiger partial charge in [-0.3, -0.25) is 0 Å². The molecule has 7 nitrogen and oxygen atoms in total. The first-order valence-corrected chi connectivity index (χ1v) is 8.49. The van der Waals surface area contributed by atoms with E-state index in [0.29, 0.717) is 23.4 Å².